The number of ether oxygens (including phenoxy) is 1. The van der Waals surface area contributed by atoms with Gasteiger partial charge in [-0.05, 0) is 46.0 Å². The molecule has 1 atom stereocenters. The lowest BCUT2D eigenvalue weighted by molar-refractivity contribution is -0.118. The van der Waals surface area contributed by atoms with Crippen LogP contribution in [0.4, 0.5) is 4.79 Å². The molecule has 104 valence electrons. The van der Waals surface area contributed by atoms with Crippen LogP contribution in [0.3, 0.4) is 0 Å². The van der Waals surface area contributed by atoms with Gasteiger partial charge in [-0.25, -0.2) is 4.79 Å². The van der Waals surface area contributed by atoms with Gasteiger partial charge in [0, 0.05) is 19.5 Å². The van der Waals surface area contributed by atoms with E-state index in [0.717, 1.165) is 25.8 Å². The van der Waals surface area contributed by atoms with E-state index in [1.54, 1.807) is 4.90 Å². The molecule has 0 aliphatic carbocycles. The lowest BCUT2D eigenvalue weighted by atomic mass is 9.93. The average molecular weight is 256 g/mol. The Bertz CT molecular complexity index is 310. The van der Waals surface area contributed by atoms with Gasteiger partial charge in [-0.2, -0.15) is 0 Å². The molecule has 1 aliphatic rings. The van der Waals surface area contributed by atoms with Gasteiger partial charge in [-0.15, -0.1) is 0 Å². The Morgan fingerprint density at radius 1 is 1.39 bits per heavy atom. The van der Waals surface area contributed by atoms with Crippen LogP contribution in [0, 0.1) is 5.92 Å². The zero-order valence-electron chi connectivity index (χ0n) is 11.6. The average Bonchev–Trinajstić information content (AvgIpc) is 2.24. The molecule has 0 aromatic rings. The number of rotatable bonds is 3. The molecule has 1 saturated heterocycles. The van der Waals surface area contributed by atoms with E-state index in [9.17, 15) is 9.59 Å². The second kappa shape index (κ2) is 6.07. The number of piperidine rings is 1. The Labute approximate surface area is 109 Å². The highest BCUT2D eigenvalue weighted by Gasteiger charge is 2.27. The van der Waals surface area contributed by atoms with Gasteiger partial charge < -0.3 is 15.4 Å². The molecule has 18 heavy (non-hydrogen) atoms. The standard InChI is InChI=1S/C13H24N2O3/c1-13(2,3)18-12(17)15-8-4-5-10(9-15)6-7-11(14)16/h10H,4-9H2,1-3H3,(H2,14,16). The molecule has 1 aliphatic heterocycles. The van der Waals surface area contributed by atoms with Crippen molar-refractivity contribution < 1.29 is 14.3 Å². The predicted molar refractivity (Wildman–Crippen MR) is 69.0 cm³/mol. The molecule has 0 bridgehead atoms. The molecule has 5 heteroatoms. The minimum absolute atomic E-state index is 0.258. The van der Waals surface area contributed by atoms with Crippen LogP contribution in [-0.2, 0) is 9.53 Å². The molecule has 0 aromatic carbocycles. The Morgan fingerprint density at radius 3 is 2.61 bits per heavy atom. The van der Waals surface area contributed by atoms with Gasteiger partial charge in [0.1, 0.15) is 5.60 Å². The van der Waals surface area contributed by atoms with E-state index in [-0.39, 0.29) is 12.0 Å². The monoisotopic (exact) mass is 256 g/mol. The van der Waals surface area contributed by atoms with E-state index < -0.39 is 5.60 Å². The molecule has 0 saturated carbocycles. The maximum Gasteiger partial charge on any atom is 0.410 e. The van der Waals surface area contributed by atoms with Crippen LogP contribution >= 0.6 is 0 Å². The number of likely N-dealkylation sites (tertiary alicyclic amines) is 1. The van der Waals surface area contributed by atoms with Gasteiger partial charge in [-0.3, -0.25) is 4.79 Å². The Kier molecular flexibility index (Phi) is 4.99. The van der Waals surface area contributed by atoms with Gasteiger partial charge in [0.2, 0.25) is 5.91 Å². The second-order valence-corrected chi connectivity index (χ2v) is 5.94. The summed E-state index contributed by atoms with van der Waals surface area (Å²) < 4.78 is 5.35. The van der Waals surface area contributed by atoms with E-state index >= 15 is 0 Å². The SMILES string of the molecule is CC(C)(C)OC(=O)N1CCCC(CCC(N)=O)C1. The fraction of sp³-hybridized carbons (Fsp3) is 0.846. The van der Waals surface area contributed by atoms with Crippen LogP contribution in [0.2, 0.25) is 0 Å². The number of amides is 2. The van der Waals surface area contributed by atoms with Crippen molar-refractivity contribution in [3.8, 4) is 0 Å². The number of carbonyl (C=O) groups excluding carboxylic acids is 2. The van der Waals surface area contributed by atoms with E-state index in [1.165, 1.54) is 0 Å². The normalized spacial score (nSPS) is 20.6. The van der Waals surface area contributed by atoms with Crippen LogP contribution in [-0.4, -0.2) is 35.6 Å². The van der Waals surface area contributed by atoms with Crippen LogP contribution < -0.4 is 5.73 Å². The summed E-state index contributed by atoms with van der Waals surface area (Å²) in [6.07, 6.45) is 2.91. The fourth-order valence-corrected chi connectivity index (χ4v) is 2.14. The highest BCUT2D eigenvalue weighted by Crippen LogP contribution is 2.22. The number of nitrogens with two attached hydrogens (primary N) is 1. The van der Waals surface area contributed by atoms with Crippen molar-refractivity contribution in [1.29, 1.82) is 0 Å². The van der Waals surface area contributed by atoms with Crippen molar-refractivity contribution in [2.24, 2.45) is 11.7 Å². The van der Waals surface area contributed by atoms with Gasteiger partial charge >= 0.3 is 6.09 Å². The third-order valence-corrected chi connectivity index (χ3v) is 2.97. The lowest BCUT2D eigenvalue weighted by Gasteiger charge is -2.34. The summed E-state index contributed by atoms with van der Waals surface area (Å²) in [5.74, 6) is 0.0863. The predicted octanol–water partition coefficient (Wildman–Crippen LogP) is 1.90. The Balaban J connectivity index is 2.43. The van der Waals surface area contributed by atoms with Crippen molar-refractivity contribution in [3.05, 3.63) is 0 Å². The lowest BCUT2D eigenvalue weighted by Crippen LogP contribution is -2.43. The molecule has 0 spiro atoms. The number of primary amides is 1. The highest BCUT2D eigenvalue weighted by molar-refractivity contribution is 5.73. The second-order valence-electron chi connectivity index (χ2n) is 5.94. The first kappa shape index (κ1) is 14.8. The van der Waals surface area contributed by atoms with Gasteiger partial charge in [0.05, 0.1) is 0 Å². The quantitative estimate of drug-likeness (QED) is 0.838. The largest absolute Gasteiger partial charge is 0.444 e. The van der Waals surface area contributed by atoms with Crippen LogP contribution in [0.15, 0.2) is 0 Å². The van der Waals surface area contributed by atoms with E-state index in [1.807, 2.05) is 20.8 Å². The van der Waals surface area contributed by atoms with E-state index in [0.29, 0.717) is 18.9 Å². The summed E-state index contributed by atoms with van der Waals surface area (Å²) in [7, 11) is 0. The summed E-state index contributed by atoms with van der Waals surface area (Å²) in [6, 6.07) is 0. The maximum atomic E-state index is 11.9. The molecule has 2 N–H and O–H groups in total. The number of hydrogen-bond acceptors (Lipinski definition) is 3. The Hall–Kier alpha value is -1.26. The highest BCUT2D eigenvalue weighted by atomic mass is 16.6. The van der Waals surface area contributed by atoms with E-state index in [2.05, 4.69) is 0 Å². The summed E-state index contributed by atoms with van der Waals surface area (Å²) in [5, 5.41) is 0. The molecular formula is C13H24N2O3. The molecule has 0 aromatic heterocycles. The zero-order chi connectivity index (χ0) is 13.8. The van der Waals surface area contributed by atoms with Gasteiger partial charge in [0.25, 0.3) is 0 Å². The van der Waals surface area contributed by atoms with Crippen molar-refractivity contribution >= 4 is 12.0 Å². The number of carbonyl (C=O) groups is 2. The van der Waals surface area contributed by atoms with Crippen molar-refractivity contribution in [2.45, 2.75) is 52.1 Å². The number of nitrogens with zero attached hydrogens (tertiary/aromatic N) is 1. The maximum absolute atomic E-state index is 11.9. The number of hydrogen-bond donors (Lipinski definition) is 1. The summed E-state index contributed by atoms with van der Waals surface area (Å²) in [4.78, 5) is 24.4. The topological polar surface area (TPSA) is 72.6 Å². The molecule has 2 amide bonds. The molecule has 1 fully saturated rings. The first-order valence-corrected chi connectivity index (χ1v) is 6.54. The Morgan fingerprint density at radius 2 is 2.06 bits per heavy atom. The summed E-state index contributed by atoms with van der Waals surface area (Å²) in [6.45, 7) is 6.99. The smallest absolute Gasteiger partial charge is 0.410 e. The minimum Gasteiger partial charge on any atom is -0.444 e. The van der Waals surface area contributed by atoms with Crippen molar-refractivity contribution in [3.63, 3.8) is 0 Å². The van der Waals surface area contributed by atoms with Crippen LogP contribution in [0.25, 0.3) is 0 Å². The first-order valence-electron chi connectivity index (χ1n) is 6.54. The summed E-state index contributed by atoms with van der Waals surface area (Å²) >= 11 is 0. The van der Waals surface area contributed by atoms with Gasteiger partial charge in [0.15, 0.2) is 0 Å². The molecule has 1 heterocycles. The zero-order valence-corrected chi connectivity index (χ0v) is 11.6. The molecule has 5 nitrogen and oxygen atoms in total. The fourth-order valence-electron chi connectivity index (χ4n) is 2.14. The van der Waals surface area contributed by atoms with Crippen LogP contribution in [0.1, 0.15) is 46.5 Å². The van der Waals surface area contributed by atoms with Crippen LogP contribution in [0.5, 0.6) is 0 Å². The van der Waals surface area contributed by atoms with Crippen molar-refractivity contribution in [1.82, 2.24) is 4.90 Å². The third-order valence-electron chi connectivity index (χ3n) is 2.97. The molecular weight excluding hydrogens is 232 g/mol. The van der Waals surface area contributed by atoms with Crippen molar-refractivity contribution in [2.75, 3.05) is 13.1 Å². The molecule has 1 unspecified atom stereocenters. The third kappa shape index (κ3) is 5.38. The van der Waals surface area contributed by atoms with E-state index in [4.69, 9.17) is 10.5 Å². The van der Waals surface area contributed by atoms with Gasteiger partial charge in [-0.1, -0.05) is 0 Å². The summed E-state index contributed by atoms with van der Waals surface area (Å²) in [5.41, 5.74) is 4.68. The first-order chi connectivity index (χ1) is 8.28. The molecule has 0 radical (unpaired) electrons. The minimum atomic E-state index is -0.461. The molecule has 1 rings (SSSR count).